The fourth-order valence-corrected chi connectivity index (χ4v) is 6.04. The van der Waals surface area contributed by atoms with E-state index < -0.39 is 27.5 Å². The molecule has 1 fully saturated rings. The number of carbonyl (C=O) groups is 2. The highest BCUT2D eigenvalue weighted by Crippen LogP contribution is 2.49. The Morgan fingerprint density at radius 2 is 1.95 bits per heavy atom. The number of hydrogen-bond donors (Lipinski definition) is 3. The number of pyridine rings is 1. The van der Waals surface area contributed by atoms with Gasteiger partial charge in [0.25, 0.3) is 15.9 Å². The standard InChI is InChI=1S/C26H24N6O5S/c1-2-37-23-20(9-6-12-29-23)26(31-25(34)30-18-15-28-16-18)21-13-17(14-27)10-11-22(21)32(24(26)33)38(35,36)19-7-4-3-5-8-19/h3-13,18,28H,2,15-16H2,1H3,(H2,30,31,34). The number of urea groups is 1. The highest BCUT2D eigenvalue weighted by Gasteiger charge is 2.58. The summed E-state index contributed by atoms with van der Waals surface area (Å²) in [5.41, 5.74) is -1.64. The van der Waals surface area contributed by atoms with Crippen molar-refractivity contribution in [1.29, 1.82) is 5.26 Å². The molecular formula is C26H24N6O5S. The highest BCUT2D eigenvalue weighted by atomic mass is 32.2. The molecule has 194 valence electrons. The van der Waals surface area contributed by atoms with Crippen molar-refractivity contribution in [2.45, 2.75) is 23.4 Å². The first-order valence-electron chi connectivity index (χ1n) is 11.9. The van der Waals surface area contributed by atoms with E-state index in [-0.39, 0.29) is 45.8 Å². The summed E-state index contributed by atoms with van der Waals surface area (Å²) < 4.78 is 34.1. The van der Waals surface area contributed by atoms with E-state index in [2.05, 4.69) is 20.9 Å². The number of nitrogens with zero attached hydrogens (tertiary/aromatic N) is 3. The topological polar surface area (TPSA) is 154 Å². The van der Waals surface area contributed by atoms with Crippen molar-refractivity contribution in [1.82, 2.24) is 20.9 Å². The third-order valence-corrected chi connectivity index (χ3v) is 8.12. The number of anilines is 1. The van der Waals surface area contributed by atoms with E-state index in [9.17, 15) is 23.3 Å². The molecule has 1 saturated heterocycles. The first kappa shape index (κ1) is 25.2. The summed E-state index contributed by atoms with van der Waals surface area (Å²) in [6.07, 6.45) is 1.47. The zero-order valence-electron chi connectivity index (χ0n) is 20.3. The summed E-state index contributed by atoms with van der Waals surface area (Å²) in [5.74, 6) is -0.913. The predicted molar refractivity (Wildman–Crippen MR) is 137 cm³/mol. The van der Waals surface area contributed by atoms with Gasteiger partial charge in [0, 0.05) is 24.8 Å². The maximum absolute atomic E-state index is 14.5. The molecule has 2 aromatic carbocycles. The molecule has 1 aromatic heterocycles. The fraction of sp³-hybridized carbons (Fsp3) is 0.231. The zero-order valence-corrected chi connectivity index (χ0v) is 21.2. The normalized spacial score (nSPS) is 18.7. The fourth-order valence-electron chi connectivity index (χ4n) is 4.56. The van der Waals surface area contributed by atoms with Gasteiger partial charge in [-0.15, -0.1) is 0 Å². The van der Waals surface area contributed by atoms with Gasteiger partial charge in [-0.25, -0.2) is 18.2 Å². The minimum Gasteiger partial charge on any atom is -0.478 e. The number of carbonyl (C=O) groups excluding carboxylic acids is 2. The van der Waals surface area contributed by atoms with Crippen molar-refractivity contribution in [3.8, 4) is 11.9 Å². The summed E-state index contributed by atoms with van der Waals surface area (Å²) in [6.45, 7) is 3.04. The van der Waals surface area contributed by atoms with Gasteiger partial charge in [0.05, 0.1) is 40.4 Å². The van der Waals surface area contributed by atoms with Crippen molar-refractivity contribution in [3.63, 3.8) is 0 Å². The maximum Gasteiger partial charge on any atom is 0.316 e. The molecule has 3 N–H and O–H groups in total. The summed E-state index contributed by atoms with van der Waals surface area (Å²) in [6, 6.07) is 16.0. The van der Waals surface area contributed by atoms with E-state index in [1.165, 1.54) is 36.5 Å². The second-order valence-corrected chi connectivity index (χ2v) is 10.5. The van der Waals surface area contributed by atoms with E-state index in [4.69, 9.17) is 4.74 Å². The lowest BCUT2D eigenvalue weighted by Gasteiger charge is -2.33. The Morgan fingerprint density at radius 1 is 1.18 bits per heavy atom. The molecule has 1 unspecified atom stereocenters. The van der Waals surface area contributed by atoms with Crippen LogP contribution in [-0.2, 0) is 20.4 Å². The lowest BCUT2D eigenvalue weighted by atomic mass is 9.83. The Balaban J connectivity index is 1.77. The number of hydrogen-bond acceptors (Lipinski definition) is 8. The van der Waals surface area contributed by atoms with Crippen molar-refractivity contribution < 1.29 is 22.7 Å². The van der Waals surface area contributed by atoms with Gasteiger partial charge in [0.2, 0.25) is 5.88 Å². The Bertz CT molecular complexity index is 1550. The molecule has 0 radical (unpaired) electrons. The molecule has 1 atom stereocenters. The Morgan fingerprint density at radius 3 is 2.61 bits per heavy atom. The zero-order chi connectivity index (χ0) is 26.9. The predicted octanol–water partition coefficient (Wildman–Crippen LogP) is 1.60. The number of nitrogens with one attached hydrogen (secondary N) is 3. The van der Waals surface area contributed by atoms with E-state index in [0.29, 0.717) is 17.4 Å². The van der Waals surface area contributed by atoms with Gasteiger partial charge in [-0.3, -0.25) is 4.79 Å². The van der Waals surface area contributed by atoms with Crippen molar-refractivity contribution in [3.05, 3.63) is 83.6 Å². The number of amides is 3. The van der Waals surface area contributed by atoms with Gasteiger partial charge >= 0.3 is 6.03 Å². The van der Waals surface area contributed by atoms with Crippen molar-refractivity contribution in [2.24, 2.45) is 0 Å². The molecule has 5 rings (SSSR count). The minimum atomic E-state index is -4.42. The van der Waals surface area contributed by atoms with E-state index in [0.717, 1.165) is 0 Å². The van der Waals surface area contributed by atoms with Crippen LogP contribution in [0.25, 0.3) is 0 Å². The molecule has 38 heavy (non-hydrogen) atoms. The Kier molecular flexibility index (Phi) is 6.48. The minimum absolute atomic E-state index is 0.00904. The summed E-state index contributed by atoms with van der Waals surface area (Å²) >= 11 is 0. The van der Waals surface area contributed by atoms with E-state index in [1.807, 2.05) is 6.07 Å². The lowest BCUT2D eigenvalue weighted by molar-refractivity contribution is -0.121. The molecule has 3 aromatic rings. The number of rotatable bonds is 7. The number of aromatic nitrogens is 1. The monoisotopic (exact) mass is 532 g/mol. The van der Waals surface area contributed by atoms with Crippen molar-refractivity contribution >= 4 is 27.6 Å². The lowest BCUT2D eigenvalue weighted by Crippen LogP contribution is -2.63. The average molecular weight is 533 g/mol. The molecule has 3 amide bonds. The van der Waals surface area contributed by atoms with Crippen LogP contribution in [0.3, 0.4) is 0 Å². The van der Waals surface area contributed by atoms with Crippen LogP contribution in [0.5, 0.6) is 5.88 Å². The second kappa shape index (κ2) is 9.77. The first-order valence-corrected chi connectivity index (χ1v) is 13.3. The summed E-state index contributed by atoms with van der Waals surface area (Å²) in [4.78, 5) is 31.9. The number of fused-ring (bicyclic) bond motifs is 1. The van der Waals surface area contributed by atoms with Gasteiger partial charge in [-0.2, -0.15) is 9.57 Å². The third kappa shape index (κ3) is 4.02. The Labute approximate surface area is 219 Å². The second-order valence-electron chi connectivity index (χ2n) is 8.72. The molecule has 3 heterocycles. The molecule has 0 bridgehead atoms. The maximum atomic E-state index is 14.5. The van der Waals surface area contributed by atoms with Crippen LogP contribution >= 0.6 is 0 Å². The van der Waals surface area contributed by atoms with Crippen molar-refractivity contribution in [2.75, 3.05) is 24.0 Å². The summed E-state index contributed by atoms with van der Waals surface area (Å²) in [7, 11) is -4.42. The molecule has 0 spiro atoms. The van der Waals surface area contributed by atoms with Gasteiger partial charge in [-0.1, -0.05) is 18.2 Å². The van der Waals surface area contributed by atoms with Gasteiger partial charge in [-0.05, 0) is 49.4 Å². The van der Waals surface area contributed by atoms with Crippen LogP contribution < -0.4 is 25.0 Å². The largest absolute Gasteiger partial charge is 0.478 e. The molecule has 0 saturated carbocycles. The first-order chi connectivity index (χ1) is 18.3. The molecule has 11 nitrogen and oxygen atoms in total. The van der Waals surface area contributed by atoms with Crippen LogP contribution in [0.15, 0.2) is 71.8 Å². The van der Waals surface area contributed by atoms with Crippen LogP contribution in [0.2, 0.25) is 0 Å². The third-order valence-electron chi connectivity index (χ3n) is 6.41. The molecule has 0 aliphatic carbocycles. The SMILES string of the molecule is CCOc1ncccc1C1(NC(=O)NC2CNC2)C(=O)N(S(=O)(=O)c2ccccc2)c2ccc(C#N)cc21. The van der Waals surface area contributed by atoms with Crippen LogP contribution in [0.4, 0.5) is 10.5 Å². The quantitative estimate of drug-likeness (QED) is 0.415. The highest BCUT2D eigenvalue weighted by molar-refractivity contribution is 7.93. The molecule has 12 heteroatoms. The molecule has 2 aliphatic heterocycles. The summed E-state index contributed by atoms with van der Waals surface area (Å²) in [5, 5.41) is 18.2. The van der Waals surface area contributed by atoms with Gasteiger partial charge in [0.1, 0.15) is 0 Å². The number of nitriles is 1. The number of benzene rings is 2. The molecular weight excluding hydrogens is 508 g/mol. The average Bonchev–Trinajstić information content (AvgIpc) is 3.15. The molecule has 2 aliphatic rings. The van der Waals surface area contributed by atoms with E-state index in [1.54, 1.807) is 37.3 Å². The number of sulfonamides is 1. The Hall–Kier alpha value is -4.47. The van der Waals surface area contributed by atoms with Crippen LogP contribution in [-0.4, -0.2) is 51.1 Å². The van der Waals surface area contributed by atoms with Crippen LogP contribution in [0, 0.1) is 11.3 Å². The van der Waals surface area contributed by atoms with Gasteiger partial charge in [0.15, 0.2) is 5.54 Å². The number of ether oxygens (including phenoxy) is 1. The smallest absolute Gasteiger partial charge is 0.316 e. The van der Waals surface area contributed by atoms with Crippen LogP contribution in [0.1, 0.15) is 23.6 Å². The van der Waals surface area contributed by atoms with Gasteiger partial charge < -0.3 is 20.7 Å². The van der Waals surface area contributed by atoms with E-state index >= 15 is 0 Å².